The van der Waals surface area contributed by atoms with Crippen molar-refractivity contribution in [1.29, 1.82) is 0 Å². The zero-order valence-corrected chi connectivity index (χ0v) is 24.7. The Hall–Kier alpha value is 1.41. The minimum Gasteiger partial charge on any atom is -0.0628 e. The van der Waals surface area contributed by atoms with Gasteiger partial charge in [-0.3, -0.25) is 0 Å². The van der Waals surface area contributed by atoms with E-state index in [1.54, 1.807) is 27.4 Å². The highest BCUT2D eigenvalue weighted by atomic mass is 127. The fraction of sp³-hybridized carbons (Fsp3) is 0.750. The lowest BCUT2D eigenvalue weighted by atomic mass is 9.93. The molecule has 1 aromatic rings. The molecule has 3 heteroatoms. The summed E-state index contributed by atoms with van der Waals surface area (Å²) in [6.45, 7) is 14.1. The molecule has 0 unspecified atom stereocenters. The van der Waals surface area contributed by atoms with Gasteiger partial charge in [-0.15, -0.1) is 0 Å². The molecule has 0 nitrogen and oxygen atoms in total. The standard InChI is InChI=1S/C24H39I3/c1-16(2)10-7-13-19-22(25)20(14-8-11-17(3)4)24(27)21(23(19)26)15-9-12-18(5)6/h16-18H,7-15H2,1-6H3. The van der Waals surface area contributed by atoms with E-state index in [1.807, 2.05) is 0 Å². The van der Waals surface area contributed by atoms with Crippen molar-refractivity contribution in [3.63, 3.8) is 0 Å². The van der Waals surface area contributed by atoms with Gasteiger partial charge in [0.15, 0.2) is 0 Å². The topological polar surface area (TPSA) is 0 Å². The Balaban J connectivity index is 3.13. The van der Waals surface area contributed by atoms with Crippen LogP contribution < -0.4 is 0 Å². The van der Waals surface area contributed by atoms with Crippen LogP contribution in [0.15, 0.2) is 0 Å². The van der Waals surface area contributed by atoms with Gasteiger partial charge in [0.2, 0.25) is 0 Å². The Labute approximate surface area is 210 Å². The lowest BCUT2D eigenvalue weighted by molar-refractivity contribution is 0.547. The molecule has 27 heavy (non-hydrogen) atoms. The van der Waals surface area contributed by atoms with Gasteiger partial charge in [-0.1, -0.05) is 60.8 Å². The van der Waals surface area contributed by atoms with Crippen molar-refractivity contribution in [2.75, 3.05) is 0 Å². The maximum Gasteiger partial charge on any atom is 0.0215 e. The number of halogens is 3. The maximum absolute atomic E-state index is 2.66. The van der Waals surface area contributed by atoms with Crippen LogP contribution in [0.25, 0.3) is 0 Å². The average molecular weight is 708 g/mol. The molecule has 0 N–H and O–H groups in total. The third kappa shape index (κ3) is 9.39. The molecule has 1 aromatic carbocycles. The minimum absolute atomic E-state index is 0.806. The van der Waals surface area contributed by atoms with Crippen LogP contribution in [0.2, 0.25) is 0 Å². The molecule has 0 amide bonds. The molecule has 156 valence electrons. The summed E-state index contributed by atoms with van der Waals surface area (Å²) in [7, 11) is 0. The molecular weight excluding hydrogens is 669 g/mol. The van der Waals surface area contributed by atoms with E-state index in [0.29, 0.717) is 0 Å². The summed E-state index contributed by atoms with van der Waals surface area (Å²) < 4.78 is 4.71. The second-order valence-electron chi connectivity index (χ2n) is 9.24. The molecular formula is C24H39I3. The van der Waals surface area contributed by atoms with Crippen molar-refractivity contribution in [3.05, 3.63) is 27.4 Å². The highest BCUT2D eigenvalue weighted by Gasteiger charge is 2.19. The number of hydrogen-bond donors (Lipinski definition) is 0. The van der Waals surface area contributed by atoms with Gasteiger partial charge in [0.05, 0.1) is 0 Å². The lowest BCUT2D eigenvalue weighted by Crippen LogP contribution is -2.10. The number of hydrogen-bond acceptors (Lipinski definition) is 0. The van der Waals surface area contributed by atoms with E-state index in [9.17, 15) is 0 Å². The Morgan fingerprint density at radius 2 is 0.704 bits per heavy atom. The Kier molecular flexibility index (Phi) is 13.4. The van der Waals surface area contributed by atoms with Crippen molar-refractivity contribution in [3.8, 4) is 0 Å². The Morgan fingerprint density at radius 3 is 0.889 bits per heavy atom. The van der Waals surface area contributed by atoms with Crippen molar-refractivity contribution in [2.45, 2.75) is 99.3 Å². The van der Waals surface area contributed by atoms with Crippen LogP contribution in [0.3, 0.4) is 0 Å². The van der Waals surface area contributed by atoms with Crippen LogP contribution in [0, 0.1) is 28.5 Å². The van der Waals surface area contributed by atoms with Gasteiger partial charge in [0.25, 0.3) is 0 Å². The van der Waals surface area contributed by atoms with Gasteiger partial charge in [0, 0.05) is 10.7 Å². The second kappa shape index (κ2) is 13.7. The third-order valence-electron chi connectivity index (χ3n) is 5.21. The van der Waals surface area contributed by atoms with E-state index < -0.39 is 0 Å². The zero-order chi connectivity index (χ0) is 20.6. The molecule has 0 aliphatic rings. The van der Waals surface area contributed by atoms with Gasteiger partial charge in [-0.05, 0) is 141 Å². The molecule has 1 rings (SSSR count). The monoisotopic (exact) mass is 708 g/mol. The van der Waals surface area contributed by atoms with Crippen LogP contribution in [-0.2, 0) is 19.3 Å². The molecule has 0 aromatic heterocycles. The van der Waals surface area contributed by atoms with Crippen LogP contribution >= 0.6 is 67.8 Å². The first-order valence-corrected chi connectivity index (χ1v) is 14.1. The van der Waals surface area contributed by atoms with Gasteiger partial charge >= 0.3 is 0 Å². The van der Waals surface area contributed by atoms with Crippen molar-refractivity contribution >= 4 is 67.8 Å². The SMILES string of the molecule is CC(C)CCCc1c(I)c(CCCC(C)C)c(I)c(CCCC(C)C)c1I. The maximum atomic E-state index is 2.66. The molecule has 0 bridgehead atoms. The van der Waals surface area contributed by atoms with Crippen molar-refractivity contribution in [1.82, 2.24) is 0 Å². The Bertz CT molecular complexity index is 471. The average Bonchev–Trinajstić information content (AvgIpc) is 2.56. The predicted molar refractivity (Wildman–Crippen MR) is 148 cm³/mol. The summed E-state index contributed by atoms with van der Waals surface area (Å²) in [4.78, 5) is 0. The first-order valence-electron chi connectivity index (χ1n) is 10.8. The zero-order valence-electron chi connectivity index (χ0n) is 18.2. The highest BCUT2D eigenvalue weighted by molar-refractivity contribution is 14.1. The van der Waals surface area contributed by atoms with E-state index in [-0.39, 0.29) is 0 Å². The first kappa shape index (κ1) is 26.4. The second-order valence-corrected chi connectivity index (χ2v) is 12.5. The van der Waals surface area contributed by atoms with Crippen molar-refractivity contribution < 1.29 is 0 Å². The smallest absolute Gasteiger partial charge is 0.0215 e. The lowest BCUT2D eigenvalue weighted by Gasteiger charge is -2.21. The largest absolute Gasteiger partial charge is 0.0628 e. The molecule has 0 heterocycles. The van der Waals surface area contributed by atoms with Crippen LogP contribution in [0.5, 0.6) is 0 Å². The summed E-state index contributed by atoms with van der Waals surface area (Å²) in [5.74, 6) is 2.42. The number of benzene rings is 1. The van der Waals surface area contributed by atoms with E-state index in [1.165, 1.54) is 57.8 Å². The van der Waals surface area contributed by atoms with Crippen molar-refractivity contribution in [2.24, 2.45) is 17.8 Å². The fourth-order valence-corrected chi connectivity index (χ4v) is 8.34. The first-order chi connectivity index (χ1) is 12.6. The summed E-state index contributed by atoms with van der Waals surface area (Å²) in [5, 5.41) is 0. The third-order valence-corrected chi connectivity index (χ3v) is 9.12. The fourth-order valence-electron chi connectivity index (χ4n) is 3.56. The van der Waals surface area contributed by atoms with E-state index >= 15 is 0 Å². The van der Waals surface area contributed by atoms with Gasteiger partial charge in [-0.25, -0.2) is 0 Å². The summed E-state index contributed by atoms with van der Waals surface area (Å²) in [5.41, 5.74) is 4.95. The summed E-state index contributed by atoms with van der Waals surface area (Å²) in [6, 6.07) is 0. The minimum atomic E-state index is 0.806. The number of rotatable bonds is 12. The molecule has 0 saturated carbocycles. The summed E-state index contributed by atoms with van der Waals surface area (Å²) >= 11 is 7.99. The quantitative estimate of drug-likeness (QED) is 0.190. The van der Waals surface area contributed by atoms with Gasteiger partial charge in [-0.2, -0.15) is 0 Å². The Morgan fingerprint density at radius 1 is 0.481 bits per heavy atom. The van der Waals surface area contributed by atoms with E-state index in [2.05, 4.69) is 109 Å². The van der Waals surface area contributed by atoms with Gasteiger partial charge in [0.1, 0.15) is 0 Å². The molecule has 0 aliphatic carbocycles. The molecule has 0 aliphatic heterocycles. The van der Waals surface area contributed by atoms with Crippen LogP contribution in [0.1, 0.15) is 96.8 Å². The van der Waals surface area contributed by atoms with Gasteiger partial charge < -0.3 is 0 Å². The van der Waals surface area contributed by atoms with E-state index in [4.69, 9.17) is 0 Å². The molecule has 0 radical (unpaired) electrons. The molecule has 0 atom stereocenters. The highest BCUT2D eigenvalue weighted by Crippen LogP contribution is 2.35. The predicted octanol–water partition coefficient (Wildman–Crippen LogP) is 9.44. The normalized spacial score (nSPS) is 12.0. The van der Waals surface area contributed by atoms with Crippen LogP contribution in [-0.4, -0.2) is 0 Å². The van der Waals surface area contributed by atoms with Crippen LogP contribution in [0.4, 0.5) is 0 Å². The molecule has 0 fully saturated rings. The summed E-state index contributed by atoms with van der Waals surface area (Å²) in [6.07, 6.45) is 11.7. The molecule has 0 spiro atoms. The van der Waals surface area contributed by atoms with E-state index in [0.717, 1.165) is 17.8 Å². The molecule has 0 saturated heterocycles.